The summed E-state index contributed by atoms with van der Waals surface area (Å²) in [6.07, 6.45) is 1.85. The molecule has 0 radical (unpaired) electrons. The first-order chi connectivity index (χ1) is 12.0. The van der Waals surface area contributed by atoms with Gasteiger partial charge in [-0.2, -0.15) is 0 Å². The number of nitrogens with one attached hydrogen (secondary N) is 2. The molecule has 0 aliphatic heterocycles. The molecule has 2 rings (SSSR count). The van der Waals surface area contributed by atoms with E-state index in [1.54, 1.807) is 6.92 Å². The van der Waals surface area contributed by atoms with Gasteiger partial charge >= 0.3 is 0 Å². The molecule has 5 nitrogen and oxygen atoms in total. The van der Waals surface area contributed by atoms with Crippen molar-refractivity contribution in [1.29, 1.82) is 0 Å². The van der Waals surface area contributed by atoms with Gasteiger partial charge in [0.15, 0.2) is 0 Å². The molecular formula is C19H25N3O2S. The fourth-order valence-corrected chi connectivity index (χ4v) is 3.32. The summed E-state index contributed by atoms with van der Waals surface area (Å²) in [6.45, 7) is 8.21. The second-order valence-electron chi connectivity index (χ2n) is 5.97. The van der Waals surface area contributed by atoms with Crippen LogP contribution in [0, 0.1) is 6.92 Å². The molecule has 25 heavy (non-hydrogen) atoms. The number of benzene rings is 1. The highest BCUT2D eigenvalue weighted by Gasteiger charge is 2.20. The molecule has 1 aromatic carbocycles. The lowest BCUT2D eigenvalue weighted by atomic mass is 10.1. The van der Waals surface area contributed by atoms with E-state index in [1.165, 1.54) is 16.9 Å². The highest BCUT2D eigenvalue weighted by atomic mass is 32.1. The SMILES string of the molecule is CCCNC(=O)[C@@H](C)NC(=O)c1sc(-c2ccc(CC)cc2)nc1C. The van der Waals surface area contributed by atoms with E-state index in [-0.39, 0.29) is 11.8 Å². The van der Waals surface area contributed by atoms with Crippen LogP contribution < -0.4 is 10.6 Å². The minimum Gasteiger partial charge on any atom is -0.354 e. The number of thiazole rings is 1. The maximum Gasteiger partial charge on any atom is 0.263 e. The molecule has 1 heterocycles. The van der Waals surface area contributed by atoms with Crippen LogP contribution in [0.15, 0.2) is 24.3 Å². The lowest BCUT2D eigenvalue weighted by Gasteiger charge is -2.13. The second-order valence-corrected chi connectivity index (χ2v) is 6.97. The molecule has 0 aliphatic carbocycles. The summed E-state index contributed by atoms with van der Waals surface area (Å²) >= 11 is 1.35. The number of carbonyl (C=O) groups is 2. The average molecular weight is 359 g/mol. The summed E-state index contributed by atoms with van der Waals surface area (Å²) < 4.78 is 0. The van der Waals surface area contributed by atoms with Crippen molar-refractivity contribution in [3.63, 3.8) is 0 Å². The van der Waals surface area contributed by atoms with Gasteiger partial charge < -0.3 is 10.6 Å². The van der Waals surface area contributed by atoms with Crippen molar-refractivity contribution < 1.29 is 9.59 Å². The topological polar surface area (TPSA) is 71.1 Å². The summed E-state index contributed by atoms with van der Waals surface area (Å²) in [5, 5.41) is 6.34. The van der Waals surface area contributed by atoms with Crippen molar-refractivity contribution in [3.05, 3.63) is 40.4 Å². The number of aryl methyl sites for hydroxylation is 2. The maximum absolute atomic E-state index is 12.5. The third kappa shape index (κ3) is 4.89. The smallest absolute Gasteiger partial charge is 0.263 e. The number of amides is 2. The number of nitrogens with zero attached hydrogens (tertiary/aromatic N) is 1. The van der Waals surface area contributed by atoms with Gasteiger partial charge in [0, 0.05) is 12.1 Å². The van der Waals surface area contributed by atoms with Gasteiger partial charge in [-0.05, 0) is 32.3 Å². The second kappa shape index (κ2) is 8.76. The standard InChI is InChI=1S/C19H25N3O2S/c1-5-11-20-17(23)13(4)21-18(24)16-12(3)22-19(25-16)15-9-7-14(6-2)8-10-15/h7-10,13H,5-6,11H2,1-4H3,(H,20,23)(H,21,24)/t13-/m1/s1. The third-order valence-corrected chi connectivity index (χ3v) is 5.11. The normalized spacial score (nSPS) is 11.8. The maximum atomic E-state index is 12.5. The van der Waals surface area contributed by atoms with Gasteiger partial charge in [0.1, 0.15) is 15.9 Å². The molecule has 2 amide bonds. The number of hydrogen-bond acceptors (Lipinski definition) is 4. The van der Waals surface area contributed by atoms with E-state index in [2.05, 4.69) is 34.7 Å². The molecule has 0 unspecified atom stereocenters. The van der Waals surface area contributed by atoms with Crippen molar-refractivity contribution in [3.8, 4) is 10.6 Å². The molecule has 0 bridgehead atoms. The first-order valence-electron chi connectivity index (χ1n) is 8.61. The van der Waals surface area contributed by atoms with Crippen LogP contribution in [0.1, 0.15) is 48.1 Å². The van der Waals surface area contributed by atoms with Gasteiger partial charge in [0.25, 0.3) is 5.91 Å². The third-order valence-electron chi connectivity index (χ3n) is 3.90. The summed E-state index contributed by atoms with van der Waals surface area (Å²) in [5.41, 5.74) is 2.94. The number of aromatic nitrogens is 1. The molecular weight excluding hydrogens is 334 g/mol. The van der Waals surface area contributed by atoms with Crippen molar-refractivity contribution in [1.82, 2.24) is 15.6 Å². The Morgan fingerprint density at radius 3 is 2.48 bits per heavy atom. The molecule has 0 spiro atoms. The highest BCUT2D eigenvalue weighted by Crippen LogP contribution is 2.28. The predicted octanol–water partition coefficient (Wildman–Crippen LogP) is 3.33. The Kier molecular flexibility index (Phi) is 6.70. The Hall–Kier alpha value is -2.21. The van der Waals surface area contributed by atoms with E-state index in [0.29, 0.717) is 17.1 Å². The van der Waals surface area contributed by atoms with Crippen molar-refractivity contribution >= 4 is 23.2 Å². The Bertz CT molecular complexity index is 738. The molecule has 0 saturated carbocycles. The fraction of sp³-hybridized carbons (Fsp3) is 0.421. The molecule has 0 fully saturated rings. The van der Waals surface area contributed by atoms with Crippen LogP contribution in [0.5, 0.6) is 0 Å². The van der Waals surface area contributed by atoms with E-state index < -0.39 is 6.04 Å². The summed E-state index contributed by atoms with van der Waals surface area (Å²) in [4.78, 5) is 29.4. The van der Waals surface area contributed by atoms with E-state index in [9.17, 15) is 9.59 Å². The molecule has 2 aromatic rings. The molecule has 1 aromatic heterocycles. The zero-order chi connectivity index (χ0) is 18.4. The lowest BCUT2D eigenvalue weighted by molar-refractivity contribution is -0.122. The predicted molar refractivity (Wildman–Crippen MR) is 102 cm³/mol. The van der Waals surface area contributed by atoms with E-state index in [1.807, 2.05) is 26.0 Å². The van der Waals surface area contributed by atoms with Gasteiger partial charge in [-0.1, -0.05) is 38.1 Å². The summed E-state index contributed by atoms with van der Waals surface area (Å²) in [5.74, 6) is -0.432. The van der Waals surface area contributed by atoms with Gasteiger partial charge in [-0.25, -0.2) is 4.98 Å². The van der Waals surface area contributed by atoms with Crippen LogP contribution in [0.2, 0.25) is 0 Å². The van der Waals surface area contributed by atoms with Crippen molar-refractivity contribution in [2.75, 3.05) is 6.54 Å². The molecule has 1 atom stereocenters. The average Bonchev–Trinajstić information content (AvgIpc) is 3.01. The van der Waals surface area contributed by atoms with E-state index in [4.69, 9.17) is 0 Å². The quantitative estimate of drug-likeness (QED) is 0.796. The zero-order valence-electron chi connectivity index (χ0n) is 15.2. The van der Waals surface area contributed by atoms with Crippen molar-refractivity contribution in [2.24, 2.45) is 0 Å². The summed E-state index contributed by atoms with van der Waals surface area (Å²) in [6, 6.07) is 7.63. The molecule has 0 saturated heterocycles. The van der Waals surface area contributed by atoms with Crippen LogP contribution in [-0.4, -0.2) is 29.4 Å². The minimum absolute atomic E-state index is 0.173. The minimum atomic E-state index is -0.576. The number of rotatable bonds is 7. The van der Waals surface area contributed by atoms with Gasteiger partial charge in [0.2, 0.25) is 5.91 Å². The monoisotopic (exact) mass is 359 g/mol. The first-order valence-corrected chi connectivity index (χ1v) is 9.43. The van der Waals surface area contributed by atoms with Crippen LogP contribution in [0.3, 0.4) is 0 Å². The Labute approximate surface area is 152 Å². The van der Waals surface area contributed by atoms with Crippen LogP contribution in [-0.2, 0) is 11.2 Å². The molecule has 134 valence electrons. The van der Waals surface area contributed by atoms with Gasteiger partial charge in [-0.3, -0.25) is 9.59 Å². The molecule has 6 heteroatoms. The van der Waals surface area contributed by atoms with Crippen molar-refractivity contribution in [2.45, 2.75) is 46.6 Å². The lowest BCUT2D eigenvalue weighted by Crippen LogP contribution is -2.44. The number of carbonyl (C=O) groups excluding carboxylic acids is 2. The molecule has 2 N–H and O–H groups in total. The highest BCUT2D eigenvalue weighted by molar-refractivity contribution is 7.17. The Balaban J connectivity index is 2.10. The van der Waals surface area contributed by atoms with Crippen LogP contribution in [0.4, 0.5) is 0 Å². The first kappa shape index (κ1) is 19.1. The van der Waals surface area contributed by atoms with Gasteiger partial charge in [-0.15, -0.1) is 11.3 Å². The fourth-order valence-electron chi connectivity index (χ4n) is 2.34. The zero-order valence-corrected chi connectivity index (χ0v) is 16.0. The van der Waals surface area contributed by atoms with E-state index in [0.717, 1.165) is 23.4 Å². The Morgan fingerprint density at radius 1 is 1.20 bits per heavy atom. The Morgan fingerprint density at radius 2 is 1.88 bits per heavy atom. The number of hydrogen-bond donors (Lipinski definition) is 2. The van der Waals surface area contributed by atoms with Crippen LogP contribution >= 0.6 is 11.3 Å². The van der Waals surface area contributed by atoms with E-state index >= 15 is 0 Å². The van der Waals surface area contributed by atoms with Gasteiger partial charge in [0.05, 0.1) is 5.69 Å². The van der Waals surface area contributed by atoms with Crippen LogP contribution in [0.25, 0.3) is 10.6 Å². The summed E-state index contributed by atoms with van der Waals surface area (Å²) in [7, 11) is 0. The largest absolute Gasteiger partial charge is 0.354 e. The molecule has 0 aliphatic rings.